The number of furan rings is 1. The quantitative estimate of drug-likeness (QED) is 0.873. The Morgan fingerprint density at radius 2 is 2.00 bits per heavy atom. The molecule has 2 heterocycles. The predicted octanol–water partition coefficient (Wildman–Crippen LogP) is 2.42. The van der Waals surface area contributed by atoms with Gasteiger partial charge in [-0.2, -0.15) is 0 Å². The maximum absolute atomic E-state index is 13.4. The molecule has 2 aromatic rings. The Morgan fingerprint density at radius 3 is 2.62 bits per heavy atom. The van der Waals surface area contributed by atoms with Gasteiger partial charge in [-0.25, -0.2) is 9.18 Å². The minimum absolute atomic E-state index is 0.152. The van der Waals surface area contributed by atoms with Gasteiger partial charge in [-0.05, 0) is 29.8 Å². The monoisotopic (exact) mass is 333 g/mol. The normalized spacial score (nSPS) is 21.0. The van der Waals surface area contributed by atoms with Crippen molar-refractivity contribution in [3.8, 4) is 0 Å². The molecule has 0 bridgehead atoms. The molecule has 0 spiro atoms. The third-order valence-electron chi connectivity index (χ3n) is 4.24. The van der Waals surface area contributed by atoms with Crippen LogP contribution in [0.2, 0.25) is 0 Å². The number of carboxylic acids is 2. The van der Waals surface area contributed by atoms with E-state index in [0.717, 1.165) is 0 Å². The van der Waals surface area contributed by atoms with Crippen LogP contribution < -0.4 is 0 Å². The second kappa shape index (κ2) is 6.45. The van der Waals surface area contributed by atoms with Crippen LogP contribution in [0.4, 0.5) is 4.39 Å². The van der Waals surface area contributed by atoms with E-state index in [2.05, 4.69) is 0 Å². The van der Waals surface area contributed by atoms with Crippen molar-refractivity contribution in [2.45, 2.75) is 12.5 Å². The summed E-state index contributed by atoms with van der Waals surface area (Å²) in [6, 6.07) is 8.91. The zero-order valence-electron chi connectivity index (χ0n) is 12.7. The van der Waals surface area contributed by atoms with Crippen molar-refractivity contribution in [1.82, 2.24) is 4.90 Å². The predicted molar refractivity (Wildman–Crippen MR) is 81.2 cm³/mol. The zero-order chi connectivity index (χ0) is 17.3. The second-order valence-electron chi connectivity index (χ2n) is 5.87. The molecular formula is C17H16FNO5. The van der Waals surface area contributed by atoms with Crippen molar-refractivity contribution in [3.05, 3.63) is 59.3 Å². The molecule has 1 fully saturated rings. The Balaban J connectivity index is 1.77. The fraction of sp³-hybridized carbons (Fsp3) is 0.294. The third-order valence-corrected chi connectivity index (χ3v) is 4.24. The zero-order valence-corrected chi connectivity index (χ0v) is 12.7. The number of aromatic carboxylic acids is 1. The Morgan fingerprint density at radius 1 is 1.21 bits per heavy atom. The van der Waals surface area contributed by atoms with E-state index in [0.29, 0.717) is 31.0 Å². The van der Waals surface area contributed by atoms with Crippen molar-refractivity contribution in [3.63, 3.8) is 0 Å². The number of carboxylic acid groups (broad SMARTS) is 2. The Hall–Kier alpha value is -2.67. The van der Waals surface area contributed by atoms with E-state index in [9.17, 15) is 19.1 Å². The highest BCUT2D eigenvalue weighted by Crippen LogP contribution is 2.34. The molecule has 2 atom stereocenters. The highest BCUT2D eigenvalue weighted by molar-refractivity contribution is 5.84. The van der Waals surface area contributed by atoms with Gasteiger partial charge in [0.1, 0.15) is 11.6 Å². The van der Waals surface area contributed by atoms with Crippen LogP contribution in [-0.2, 0) is 11.3 Å². The lowest BCUT2D eigenvalue weighted by atomic mass is 9.89. The third kappa shape index (κ3) is 3.30. The number of carbonyl (C=O) groups is 2. The van der Waals surface area contributed by atoms with Crippen molar-refractivity contribution in [1.29, 1.82) is 0 Å². The van der Waals surface area contributed by atoms with E-state index in [1.807, 2.05) is 4.90 Å². The fourth-order valence-corrected chi connectivity index (χ4v) is 3.14. The first-order valence-corrected chi connectivity index (χ1v) is 7.46. The lowest BCUT2D eigenvalue weighted by molar-refractivity contribution is -0.141. The highest BCUT2D eigenvalue weighted by Gasteiger charge is 2.38. The molecule has 3 rings (SSSR count). The van der Waals surface area contributed by atoms with E-state index < -0.39 is 23.7 Å². The van der Waals surface area contributed by atoms with Crippen LogP contribution in [0.15, 0.2) is 40.8 Å². The number of halogens is 1. The van der Waals surface area contributed by atoms with Crippen LogP contribution in [0, 0.1) is 11.7 Å². The van der Waals surface area contributed by atoms with E-state index >= 15 is 0 Å². The van der Waals surface area contributed by atoms with Crippen molar-refractivity contribution in [2.75, 3.05) is 13.1 Å². The Labute approximate surface area is 137 Å². The van der Waals surface area contributed by atoms with Crippen LogP contribution in [0.3, 0.4) is 0 Å². The number of hydrogen-bond acceptors (Lipinski definition) is 4. The lowest BCUT2D eigenvalue weighted by Crippen LogP contribution is -2.23. The molecule has 1 aliphatic rings. The van der Waals surface area contributed by atoms with Gasteiger partial charge in [-0.1, -0.05) is 12.1 Å². The molecule has 1 aromatic heterocycles. The van der Waals surface area contributed by atoms with E-state index in [1.54, 1.807) is 18.2 Å². The van der Waals surface area contributed by atoms with Gasteiger partial charge >= 0.3 is 11.9 Å². The standard InChI is InChI=1S/C17H16FNO5/c18-11-3-1-2-10(6-11)13-8-19(9-14(13)16(20)21)7-12-4-5-15(24-12)17(22)23/h1-6,13-14H,7-9H2,(H,20,21)(H,22,23)/t13-,14+/m0/s1. The van der Waals surface area contributed by atoms with Crippen LogP contribution in [0.1, 0.15) is 27.8 Å². The van der Waals surface area contributed by atoms with Gasteiger partial charge in [0.25, 0.3) is 0 Å². The maximum atomic E-state index is 13.4. The number of benzene rings is 1. The van der Waals surface area contributed by atoms with Crippen LogP contribution in [0.5, 0.6) is 0 Å². The first kappa shape index (κ1) is 16.2. The number of hydrogen-bond donors (Lipinski definition) is 2. The summed E-state index contributed by atoms with van der Waals surface area (Å²) >= 11 is 0. The van der Waals surface area contributed by atoms with Gasteiger partial charge in [0, 0.05) is 19.0 Å². The molecule has 2 N–H and O–H groups in total. The topological polar surface area (TPSA) is 91.0 Å². The summed E-state index contributed by atoms with van der Waals surface area (Å²) in [6.07, 6.45) is 0. The average molecular weight is 333 g/mol. The molecule has 7 heteroatoms. The molecule has 1 saturated heterocycles. The molecule has 1 aliphatic heterocycles. The molecule has 1 aromatic carbocycles. The first-order chi connectivity index (χ1) is 11.4. The van der Waals surface area contributed by atoms with E-state index in [4.69, 9.17) is 9.52 Å². The van der Waals surface area contributed by atoms with Crippen LogP contribution >= 0.6 is 0 Å². The van der Waals surface area contributed by atoms with Gasteiger partial charge in [0.15, 0.2) is 0 Å². The van der Waals surface area contributed by atoms with Crippen LogP contribution in [-0.4, -0.2) is 40.1 Å². The van der Waals surface area contributed by atoms with Crippen molar-refractivity contribution >= 4 is 11.9 Å². The minimum Gasteiger partial charge on any atom is -0.481 e. The number of likely N-dealkylation sites (tertiary alicyclic amines) is 1. The Kier molecular flexibility index (Phi) is 4.35. The molecule has 24 heavy (non-hydrogen) atoms. The lowest BCUT2D eigenvalue weighted by Gasteiger charge is -2.15. The molecule has 126 valence electrons. The average Bonchev–Trinajstić information content (AvgIpc) is 3.15. The number of rotatable bonds is 5. The van der Waals surface area contributed by atoms with Gasteiger partial charge in [-0.3, -0.25) is 9.69 Å². The summed E-state index contributed by atoms with van der Waals surface area (Å²) in [6.45, 7) is 1.03. The highest BCUT2D eigenvalue weighted by atomic mass is 19.1. The molecule has 0 unspecified atom stereocenters. The molecule has 0 amide bonds. The van der Waals surface area contributed by atoms with Gasteiger partial charge in [0.2, 0.25) is 5.76 Å². The largest absolute Gasteiger partial charge is 0.481 e. The summed E-state index contributed by atoms with van der Waals surface area (Å²) in [4.78, 5) is 24.3. The molecular weight excluding hydrogens is 317 g/mol. The van der Waals surface area contributed by atoms with E-state index in [1.165, 1.54) is 18.2 Å². The molecule has 0 radical (unpaired) electrons. The van der Waals surface area contributed by atoms with Crippen molar-refractivity contribution in [2.24, 2.45) is 5.92 Å². The van der Waals surface area contributed by atoms with Crippen molar-refractivity contribution < 1.29 is 28.6 Å². The summed E-state index contributed by atoms with van der Waals surface area (Å²) in [5.74, 6) is -3.15. The minimum atomic E-state index is -1.15. The van der Waals surface area contributed by atoms with E-state index in [-0.39, 0.29) is 11.7 Å². The maximum Gasteiger partial charge on any atom is 0.371 e. The van der Waals surface area contributed by atoms with Gasteiger partial charge < -0.3 is 14.6 Å². The molecule has 0 aliphatic carbocycles. The summed E-state index contributed by atoms with van der Waals surface area (Å²) in [5.41, 5.74) is 0.649. The molecule has 0 saturated carbocycles. The molecule has 6 nitrogen and oxygen atoms in total. The number of nitrogens with zero attached hydrogens (tertiary/aromatic N) is 1. The van der Waals surface area contributed by atoms with Gasteiger partial charge in [-0.15, -0.1) is 0 Å². The second-order valence-corrected chi connectivity index (χ2v) is 5.87. The van der Waals surface area contributed by atoms with Gasteiger partial charge in [0.05, 0.1) is 12.5 Å². The smallest absolute Gasteiger partial charge is 0.371 e. The Bertz CT molecular complexity index is 772. The summed E-state index contributed by atoms with van der Waals surface area (Å²) in [5, 5.41) is 18.3. The first-order valence-electron chi connectivity index (χ1n) is 7.46. The van der Waals surface area contributed by atoms with Crippen LogP contribution in [0.25, 0.3) is 0 Å². The number of aliphatic carboxylic acids is 1. The fourth-order valence-electron chi connectivity index (χ4n) is 3.14. The summed E-state index contributed by atoms with van der Waals surface area (Å²) < 4.78 is 18.7. The SMILES string of the molecule is O=C(O)c1ccc(CN2C[C@@H](C(=O)O)[C@H](c3cccc(F)c3)C2)o1. The summed E-state index contributed by atoms with van der Waals surface area (Å²) in [7, 11) is 0.